The summed E-state index contributed by atoms with van der Waals surface area (Å²) in [6.07, 6.45) is 0. The third kappa shape index (κ3) is 4.97. The SMILES string of the molecule is CC(C)CNC(=O)c1cccc(S(=O)(=O)Nc2cccc(Cl)c2)c1. The maximum absolute atomic E-state index is 12.5. The number of amides is 1. The summed E-state index contributed by atoms with van der Waals surface area (Å²) in [6.45, 7) is 4.49. The molecule has 0 unspecified atom stereocenters. The van der Waals surface area contributed by atoms with Gasteiger partial charge in [0.25, 0.3) is 15.9 Å². The zero-order valence-corrected chi connectivity index (χ0v) is 15.0. The molecule has 7 heteroatoms. The number of sulfonamides is 1. The minimum Gasteiger partial charge on any atom is -0.352 e. The first-order valence-corrected chi connectivity index (χ1v) is 9.31. The fourth-order valence-electron chi connectivity index (χ4n) is 1.97. The summed E-state index contributed by atoms with van der Waals surface area (Å²) in [5.41, 5.74) is 0.654. The Morgan fingerprint density at radius 2 is 1.83 bits per heavy atom. The van der Waals surface area contributed by atoms with Crippen LogP contribution in [0.4, 0.5) is 5.69 Å². The zero-order valence-electron chi connectivity index (χ0n) is 13.4. The molecule has 0 saturated carbocycles. The average Bonchev–Trinajstić information content (AvgIpc) is 2.52. The van der Waals surface area contributed by atoms with E-state index in [1.807, 2.05) is 13.8 Å². The quantitative estimate of drug-likeness (QED) is 0.821. The average molecular weight is 367 g/mol. The van der Waals surface area contributed by atoms with Gasteiger partial charge in [0.1, 0.15) is 0 Å². The van der Waals surface area contributed by atoms with Gasteiger partial charge in [0.05, 0.1) is 10.6 Å². The van der Waals surface area contributed by atoms with Gasteiger partial charge in [0, 0.05) is 17.1 Å². The molecule has 0 spiro atoms. The van der Waals surface area contributed by atoms with Crippen LogP contribution in [0.25, 0.3) is 0 Å². The molecule has 0 saturated heterocycles. The lowest BCUT2D eigenvalue weighted by Crippen LogP contribution is -2.27. The highest BCUT2D eigenvalue weighted by Crippen LogP contribution is 2.20. The first-order valence-electron chi connectivity index (χ1n) is 7.44. The molecule has 24 heavy (non-hydrogen) atoms. The van der Waals surface area contributed by atoms with Gasteiger partial charge in [-0.2, -0.15) is 0 Å². The molecule has 0 radical (unpaired) electrons. The molecule has 2 rings (SSSR count). The Morgan fingerprint density at radius 1 is 1.12 bits per heavy atom. The molecule has 0 aliphatic rings. The summed E-state index contributed by atoms with van der Waals surface area (Å²) >= 11 is 5.86. The van der Waals surface area contributed by atoms with Gasteiger partial charge >= 0.3 is 0 Å². The van der Waals surface area contributed by atoms with Crippen molar-refractivity contribution in [3.63, 3.8) is 0 Å². The number of halogens is 1. The van der Waals surface area contributed by atoms with E-state index < -0.39 is 10.0 Å². The van der Waals surface area contributed by atoms with Gasteiger partial charge in [0.2, 0.25) is 0 Å². The van der Waals surface area contributed by atoms with Crippen LogP contribution < -0.4 is 10.0 Å². The van der Waals surface area contributed by atoms with Crippen molar-refractivity contribution in [1.29, 1.82) is 0 Å². The second-order valence-corrected chi connectivity index (χ2v) is 7.87. The standard InChI is InChI=1S/C17H19ClN2O3S/c1-12(2)11-19-17(21)13-5-3-8-16(9-13)24(22,23)20-15-7-4-6-14(18)10-15/h3-10,12,20H,11H2,1-2H3,(H,19,21). The molecule has 0 aliphatic heterocycles. The number of benzene rings is 2. The highest BCUT2D eigenvalue weighted by Gasteiger charge is 2.16. The Bertz CT molecular complexity index is 835. The van der Waals surface area contributed by atoms with Crippen molar-refractivity contribution in [3.8, 4) is 0 Å². The molecule has 0 aromatic heterocycles. The minimum absolute atomic E-state index is 0.0136. The Hall–Kier alpha value is -2.05. The van der Waals surface area contributed by atoms with Gasteiger partial charge in [0.15, 0.2) is 0 Å². The maximum atomic E-state index is 12.5. The van der Waals surface area contributed by atoms with Gasteiger partial charge in [-0.3, -0.25) is 9.52 Å². The molecule has 5 nitrogen and oxygen atoms in total. The van der Waals surface area contributed by atoms with Crippen LogP contribution in [-0.4, -0.2) is 20.9 Å². The fraction of sp³-hybridized carbons (Fsp3) is 0.235. The molecule has 2 N–H and O–H groups in total. The van der Waals surface area contributed by atoms with Crippen LogP contribution in [0.2, 0.25) is 5.02 Å². The third-order valence-corrected chi connectivity index (χ3v) is 4.77. The van der Waals surface area contributed by atoms with Gasteiger partial charge < -0.3 is 5.32 Å². The normalized spacial score (nSPS) is 11.3. The van der Waals surface area contributed by atoms with E-state index in [-0.39, 0.29) is 10.8 Å². The summed E-state index contributed by atoms with van der Waals surface area (Å²) in [7, 11) is -3.81. The number of nitrogens with one attached hydrogen (secondary N) is 2. The van der Waals surface area contributed by atoms with Crippen LogP contribution in [0.1, 0.15) is 24.2 Å². The van der Waals surface area contributed by atoms with Gasteiger partial charge in [-0.1, -0.05) is 37.6 Å². The minimum atomic E-state index is -3.81. The molecular weight excluding hydrogens is 348 g/mol. The van der Waals surface area contributed by atoms with Crippen LogP contribution in [0.15, 0.2) is 53.4 Å². The predicted octanol–water partition coefficient (Wildman–Crippen LogP) is 3.53. The first-order chi connectivity index (χ1) is 11.3. The Kier molecular flexibility index (Phi) is 5.85. The summed E-state index contributed by atoms with van der Waals surface area (Å²) in [4.78, 5) is 12.1. The molecule has 128 valence electrons. The van der Waals surface area contributed by atoms with E-state index in [0.29, 0.717) is 28.7 Å². The van der Waals surface area contributed by atoms with E-state index in [1.54, 1.807) is 24.3 Å². The number of hydrogen-bond donors (Lipinski definition) is 2. The second-order valence-electron chi connectivity index (χ2n) is 5.75. The van der Waals surface area contributed by atoms with Crippen LogP contribution in [0.5, 0.6) is 0 Å². The van der Waals surface area contributed by atoms with E-state index >= 15 is 0 Å². The number of anilines is 1. The van der Waals surface area contributed by atoms with E-state index in [0.717, 1.165) is 0 Å². The molecule has 0 heterocycles. The molecule has 2 aromatic carbocycles. The summed E-state index contributed by atoms with van der Waals surface area (Å²) < 4.78 is 27.4. The van der Waals surface area contributed by atoms with Gasteiger partial charge in [-0.25, -0.2) is 8.42 Å². The van der Waals surface area contributed by atoms with E-state index in [9.17, 15) is 13.2 Å². The zero-order chi connectivity index (χ0) is 17.7. The molecular formula is C17H19ClN2O3S. The van der Waals surface area contributed by atoms with Gasteiger partial charge in [-0.15, -0.1) is 0 Å². The van der Waals surface area contributed by atoms with Crippen molar-refractivity contribution in [3.05, 3.63) is 59.1 Å². The lowest BCUT2D eigenvalue weighted by atomic mass is 10.2. The highest BCUT2D eigenvalue weighted by molar-refractivity contribution is 7.92. The second kappa shape index (κ2) is 7.68. The van der Waals surface area contributed by atoms with E-state index in [2.05, 4.69) is 10.0 Å². The molecule has 2 aromatic rings. The van der Waals surface area contributed by atoms with Crippen molar-refractivity contribution < 1.29 is 13.2 Å². The largest absolute Gasteiger partial charge is 0.352 e. The monoisotopic (exact) mass is 366 g/mol. The van der Waals surface area contributed by atoms with Crippen molar-refractivity contribution >= 4 is 33.2 Å². The summed E-state index contributed by atoms with van der Waals surface area (Å²) in [5, 5.41) is 3.19. The number of hydrogen-bond acceptors (Lipinski definition) is 3. The Morgan fingerprint density at radius 3 is 2.50 bits per heavy atom. The molecule has 0 fully saturated rings. The number of carbonyl (C=O) groups is 1. The molecule has 1 amide bonds. The lowest BCUT2D eigenvalue weighted by Gasteiger charge is -2.11. The smallest absolute Gasteiger partial charge is 0.261 e. The lowest BCUT2D eigenvalue weighted by molar-refractivity contribution is 0.0949. The Balaban J connectivity index is 2.21. The predicted molar refractivity (Wildman–Crippen MR) is 95.9 cm³/mol. The summed E-state index contributed by atoms with van der Waals surface area (Å²) in [6, 6.07) is 12.3. The van der Waals surface area contributed by atoms with Crippen LogP contribution >= 0.6 is 11.6 Å². The molecule has 0 aliphatic carbocycles. The third-order valence-electron chi connectivity index (χ3n) is 3.15. The maximum Gasteiger partial charge on any atom is 0.261 e. The molecule has 0 atom stereocenters. The summed E-state index contributed by atoms with van der Waals surface area (Å²) in [5.74, 6) is 0.00821. The van der Waals surface area contributed by atoms with Crippen LogP contribution in [0.3, 0.4) is 0 Å². The van der Waals surface area contributed by atoms with Crippen LogP contribution in [-0.2, 0) is 10.0 Å². The van der Waals surface area contributed by atoms with Crippen molar-refractivity contribution in [2.75, 3.05) is 11.3 Å². The fourth-order valence-corrected chi connectivity index (χ4v) is 3.25. The Labute approximate surface area is 147 Å². The van der Waals surface area contributed by atoms with Gasteiger partial charge in [-0.05, 0) is 42.3 Å². The topological polar surface area (TPSA) is 75.3 Å². The van der Waals surface area contributed by atoms with Crippen LogP contribution in [0, 0.1) is 5.92 Å². The van der Waals surface area contributed by atoms with Crippen molar-refractivity contribution in [2.24, 2.45) is 5.92 Å². The van der Waals surface area contributed by atoms with E-state index in [1.165, 1.54) is 24.3 Å². The highest BCUT2D eigenvalue weighted by atomic mass is 35.5. The number of rotatable bonds is 6. The first kappa shape index (κ1) is 18.3. The molecule has 0 bridgehead atoms. The van der Waals surface area contributed by atoms with Crippen molar-refractivity contribution in [1.82, 2.24) is 5.32 Å². The van der Waals surface area contributed by atoms with Crippen molar-refractivity contribution in [2.45, 2.75) is 18.7 Å². The van der Waals surface area contributed by atoms with E-state index in [4.69, 9.17) is 11.6 Å². The number of carbonyl (C=O) groups excluding carboxylic acids is 1.